The molecule has 0 bridgehead atoms. The van der Waals surface area contributed by atoms with Crippen molar-refractivity contribution in [1.29, 1.82) is 0 Å². The second kappa shape index (κ2) is 12.1. The maximum absolute atomic E-state index is 14.0. The van der Waals surface area contributed by atoms with Crippen molar-refractivity contribution in [2.75, 3.05) is 45.3 Å². The summed E-state index contributed by atoms with van der Waals surface area (Å²) in [5.41, 5.74) is 1.84. The lowest BCUT2D eigenvalue weighted by Crippen LogP contribution is -2.43. The topological polar surface area (TPSA) is 112 Å². The van der Waals surface area contributed by atoms with Gasteiger partial charge in [-0.25, -0.2) is 4.79 Å². The monoisotopic (exact) mass is 517 g/mol. The molecule has 2 heterocycles. The van der Waals surface area contributed by atoms with Gasteiger partial charge in [0.1, 0.15) is 18.8 Å². The second-order valence-corrected chi connectivity index (χ2v) is 11.6. The van der Waals surface area contributed by atoms with Crippen molar-refractivity contribution in [2.45, 2.75) is 31.3 Å². The van der Waals surface area contributed by atoms with Crippen molar-refractivity contribution < 1.29 is 38.0 Å². The highest BCUT2D eigenvalue weighted by Gasteiger charge is 2.53. The molecule has 9 nitrogen and oxygen atoms in total. The van der Waals surface area contributed by atoms with Crippen LogP contribution in [0.3, 0.4) is 0 Å². The first-order valence-corrected chi connectivity index (χ1v) is 14.1. The van der Waals surface area contributed by atoms with Crippen LogP contribution in [0.2, 0.25) is 0 Å². The number of rotatable bonds is 11. The van der Waals surface area contributed by atoms with E-state index in [-0.39, 0.29) is 45.1 Å². The summed E-state index contributed by atoms with van der Waals surface area (Å²) in [6.07, 6.45) is 0.425. The maximum atomic E-state index is 14.0. The summed E-state index contributed by atoms with van der Waals surface area (Å²) in [6, 6.07) is 18.0. The third kappa shape index (κ3) is 6.81. The highest BCUT2D eigenvalue weighted by Crippen LogP contribution is 2.49. The van der Waals surface area contributed by atoms with E-state index < -0.39 is 31.1 Å². The van der Waals surface area contributed by atoms with Gasteiger partial charge in [-0.15, -0.1) is 0 Å². The van der Waals surface area contributed by atoms with Gasteiger partial charge in [0.2, 0.25) is 13.3 Å². The predicted octanol–water partition coefficient (Wildman–Crippen LogP) is 2.60. The first-order valence-electron chi connectivity index (χ1n) is 12.1. The third-order valence-corrected chi connectivity index (χ3v) is 8.56. The van der Waals surface area contributed by atoms with E-state index in [2.05, 4.69) is 0 Å². The molecule has 194 valence electrons. The Hall–Kier alpha value is -2.55. The fourth-order valence-electron chi connectivity index (χ4n) is 4.46. The zero-order valence-electron chi connectivity index (χ0n) is 20.1. The molecule has 0 saturated carbocycles. The third-order valence-electron chi connectivity index (χ3n) is 6.30. The molecule has 0 aliphatic carbocycles. The number of benzene rings is 2. The molecule has 1 unspecified atom stereocenters. The van der Waals surface area contributed by atoms with Crippen LogP contribution in [0.25, 0.3) is 0 Å². The minimum atomic E-state index is -3.44. The van der Waals surface area contributed by atoms with E-state index >= 15 is 0 Å². The van der Waals surface area contributed by atoms with Crippen LogP contribution in [0, 0.1) is 0 Å². The lowest BCUT2D eigenvalue weighted by atomic mass is 10.1. The lowest BCUT2D eigenvalue weighted by molar-refractivity contribution is -0.154. The fraction of sp³-hybridized carbons (Fsp3) is 0.462. The molecular weight excluding hydrogens is 485 g/mol. The van der Waals surface area contributed by atoms with E-state index in [4.69, 9.17) is 23.8 Å². The number of hydrogen-bond donors (Lipinski definition) is 1. The first-order chi connectivity index (χ1) is 17.4. The fourth-order valence-corrected chi connectivity index (χ4v) is 6.41. The van der Waals surface area contributed by atoms with Crippen molar-refractivity contribution in [3.63, 3.8) is 0 Å². The summed E-state index contributed by atoms with van der Waals surface area (Å²) in [6.45, 7) is 0.348. The van der Waals surface area contributed by atoms with Gasteiger partial charge in [0.05, 0.1) is 33.0 Å². The number of carbonyl (C=O) groups is 2. The standard InChI is InChI=1S/C26H32NO8P/c28-12-13-32-25(30)23-17-26(33-14-15-34-26)20-27(23)24(29)19-36(31,16-11-21-7-3-1-4-8-21)35-18-22-9-5-2-6-10-22/h1-10,23,28H,11-20H2/t23-,36?/m0/s1. The molecule has 2 aliphatic heterocycles. The molecule has 2 fully saturated rings. The molecule has 2 aliphatic rings. The molecule has 2 aromatic carbocycles. The number of aryl methyl sites for hydroxylation is 1. The molecule has 0 radical (unpaired) electrons. The second-order valence-electron chi connectivity index (χ2n) is 8.93. The quantitative estimate of drug-likeness (QED) is 0.358. The van der Waals surface area contributed by atoms with E-state index in [1.165, 1.54) is 4.90 Å². The number of nitrogens with zero attached hydrogens (tertiary/aromatic N) is 1. The number of esters is 1. The van der Waals surface area contributed by atoms with Gasteiger partial charge >= 0.3 is 5.97 Å². The Morgan fingerprint density at radius 2 is 1.67 bits per heavy atom. The SMILES string of the molecule is O=C(OCCO)[C@@H]1CC2(CN1C(=O)CP(=O)(CCc1ccccc1)OCc1ccccc1)OCCO2. The molecule has 2 saturated heterocycles. The van der Waals surface area contributed by atoms with Crippen LogP contribution in [0.4, 0.5) is 0 Å². The van der Waals surface area contributed by atoms with Crippen molar-refractivity contribution in [2.24, 2.45) is 0 Å². The number of aliphatic hydroxyl groups is 1. The van der Waals surface area contributed by atoms with Crippen molar-refractivity contribution in [1.82, 2.24) is 4.90 Å². The Kier molecular flexibility index (Phi) is 8.93. The zero-order valence-corrected chi connectivity index (χ0v) is 21.0. The van der Waals surface area contributed by atoms with Crippen LogP contribution in [-0.4, -0.2) is 79.0 Å². The summed E-state index contributed by atoms with van der Waals surface area (Å²) < 4.78 is 36.5. The smallest absolute Gasteiger partial charge is 0.329 e. The van der Waals surface area contributed by atoms with Crippen LogP contribution in [0.5, 0.6) is 0 Å². The summed E-state index contributed by atoms with van der Waals surface area (Å²) in [5, 5.41) is 9.04. The summed E-state index contributed by atoms with van der Waals surface area (Å²) in [5.74, 6) is -2.23. The van der Waals surface area contributed by atoms with Crippen LogP contribution in [0.15, 0.2) is 60.7 Å². The number of ether oxygens (including phenoxy) is 3. The predicted molar refractivity (Wildman–Crippen MR) is 132 cm³/mol. The van der Waals surface area contributed by atoms with E-state index in [0.717, 1.165) is 11.1 Å². The molecule has 36 heavy (non-hydrogen) atoms. The Morgan fingerprint density at radius 3 is 2.31 bits per heavy atom. The Bertz CT molecular complexity index is 1010. The molecule has 1 amide bonds. The van der Waals surface area contributed by atoms with Crippen LogP contribution < -0.4 is 0 Å². The number of amides is 1. The Balaban J connectivity index is 1.50. The minimum absolute atomic E-state index is 0.0299. The van der Waals surface area contributed by atoms with Crippen molar-refractivity contribution >= 4 is 19.2 Å². The molecular formula is C26H32NO8P. The number of aliphatic hydroxyl groups excluding tert-OH is 1. The average Bonchev–Trinajstić information content (AvgIpc) is 3.53. The van der Waals surface area contributed by atoms with E-state index in [1.54, 1.807) is 0 Å². The van der Waals surface area contributed by atoms with Crippen LogP contribution in [-0.2, 0) is 45.9 Å². The maximum Gasteiger partial charge on any atom is 0.329 e. The molecule has 0 aromatic heterocycles. The molecule has 1 N–H and O–H groups in total. The number of likely N-dealkylation sites (tertiary alicyclic amines) is 1. The van der Waals surface area contributed by atoms with Gasteiger partial charge in [-0.1, -0.05) is 60.7 Å². The van der Waals surface area contributed by atoms with E-state index in [1.807, 2.05) is 60.7 Å². The van der Waals surface area contributed by atoms with Gasteiger partial charge in [0.25, 0.3) is 0 Å². The zero-order chi connectivity index (χ0) is 25.4. The molecule has 2 atom stereocenters. The van der Waals surface area contributed by atoms with E-state index in [9.17, 15) is 14.2 Å². The molecule has 10 heteroatoms. The summed E-state index contributed by atoms with van der Waals surface area (Å²) in [7, 11) is -3.44. The number of carbonyl (C=O) groups excluding carboxylic acids is 2. The normalized spacial score (nSPS) is 20.4. The van der Waals surface area contributed by atoms with E-state index in [0.29, 0.717) is 19.6 Å². The van der Waals surface area contributed by atoms with Gasteiger partial charge in [-0.3, -0.25) is 9.36 Å². The lowest BCUT2D eigenvalue weighted by Gasteiger charge is -2.26. The van der Waals surface area contributed by atoms with Gasteiger partial charge in [-0.05, 0) is 17.5 Å². The first kappa shape index (κ1) is 26.5. The van der Waals surface area contributed by atoms with Gasteiger partial charge in [0, 0.05) is 12.6 Å². The highest BCUT2D eigenvalue weighted by atomic mass is 31.2. The summed E-state index contributed by atoms with van der Waals surface area (Å²) in [4.78, 5) is 27.6. The molecule has 2 aromatic rings. The Labute approximate surface area is 210 Å². The molecule has 4 rings (SSSR count). The van der Waals surface area contributed by atoms with Crippen molar-refractivity contribution in [3.8, 4) is 0 Å². The van der Waals surface area contributed by atoms with Crippen LogP contribution >= 0.6 is 7.37 Å². The summed E-state index contributed by atoms with van der Waals surface area (Å²) >= 11 is 0. The minimum Gasteiger partial charge on any atom is -0.462 e. The average molecular weight is 518 g/mol. The molecule has 1 spiro atoms. The largest absolute Gasteiger partial charge is 0.462 e. The highest BCUT2D eigenvalue weighted by molar-refractivity contribution is 7.59. The van der Waals surface area contributed by atoms with Crippen LogP contribution in [0.1, 0.15) is 17.5 Å². The number of hydrogen-bond acceptors (Lipinski definition) is 8. The van der Waals surface area contributed by atoms with Crippen molar-refractivity contribution in [3.05, 3.63) is 71.8 Å². The Morgan fingerprint density at radius 1 is 1.03 bits per heavy atom. The van der Waals surface area contributed by atoms with Gasteiger partial charge < -0.3 is 28.7 Å². The van der Waals surface area contributed by atoms with Gasteiger partial charge in [0.15, 0.2) is 5.79 Å². The van der Waals surface area contributed by atoms with Gasteiger partial charge in [-0.2, -0.15) is 0 Å².